The van der Waals surface area contributed by atoms with Crippen LogP contribution in [0.1, 0.15) is 29.8 Å². The third-order valence-corrected chi connectivity index (χ3v) is 3.20. The van der Waals surface area contributed by atoms with E-state index in [1.54, 1.807) is 30.3 Å². The third kappa shape index (κ3) is 4.06. The SMILES string of the molecule is CCOc1ccc([N+](=O)[O-])cc1COc1ccccc1C(C)=O. The van der Waals surface area contributed by atoms with Crippen LogP contribution in [0.15, 0.2) is 42.5 Å². The first kappa shape index (κ1) is 16.5. The summed E-state index contributed by atoms with van der Waals surface area (Å²) in [5.74, 6) is 0.858. The molecule has 0 aromatic heterocycles. The number of nitrogens with zero attached hydrogens (tertiary/aromatic N) is 1. The van der Waals surface area contributed by atoms with E-state index >= 15 is 0 Å². The lowest BCUT2D eigenvalue weighted by Gasteiger charge is -2.13. The molecular formula is C17H17NO5. The monoisotopic (exact) mass is 315 g/mol. The Balaban J connectivity index is 2.27. The minimum Gasteiger partial charge on any atom is -0.493 e. The van der Waals surface area contributed by atoms with Gasteiger partial charge in [0.1, 0.15) is 18.1 Å². The molecule has 0 spiro atoms. The highest BCUT2D eigenvalue weighted by atomic mass is 16.6. The van der Waals surface area contributed by atoms with E-state index in [1.165, 1.54) is 19.1 Å². The van der Waals surface area contributed by atoms with Gasteiger partial charge < -0.3 is 9.47 Å². The van der Waals surface area contributed by atoms with E-state index in [2.05, 4.69) is 0 Å². The fourth-order valence-electron chi connectivity index (χ4n) is 2.13. The second-order valence-corrected chi connectivity index (χ2v) is 4.82. The van der Waals surface area contributed by atoms with Gasteiger partial charge in [0.05, 0.1) is 17.1 Å². The number of ether oxygens (including phenoxy) is 2. The van der Waals surface area contributed by atoms with Crippen molar-refractivity contribution in [1.82, 2.24) is 0 Å². The van der Waals surface area contributed by atoms with Crippen LogP contribution in [0.4, 0.5) is 5.69 Å². The van der Waals surface area contributed by atoms with Crippen molar-refractivity contribution < 1.29 is 19.2 Å². The van der Waals surface area contributed by atoms with Crippen LogP contribution in [0.3, 0.4) is 0 Å². The zero-order valence-electron chi connectivity index (χ0n) is 12.9. The normalized spacial score (nSPS) is 10.2. The Bertz CT molecular complexity index is 727. The van der Waals surface area contributed by atoms with Gasteiger partial charge >= 0.3 is 0 Å². The number of carbonyl (C=O) groups excluding carboxylic acids is 1. The van der Waals surface area contributed by atoms with Crippen molar-refractivity contribution in [3.63, 3.8) is 0 Å². The van der Waals surface area contributed by atoms with Crippen molar-refractivity contribution in [2.75, 3.05) is 6.61 Å². The van der Waals surface area contributed by atoms with Gasteiger partial charge in [-0.05, 0) is 32.0 Å². The Morgan fingerprint density at radius 3 is 2.52 bits per heavy atom. The Labute approximate surface area is 133 Å². The summed E-state index contributed by atoms with van der Waals surface area (Å²) in [5.41, 5.74) is 0.988. The number of nitro benzene ring substituents is 1. The number of carbonyl (C=O) groups is 1. The molecule has 0 amide bonds. The minimum absolute atomic E-state index is 0.0353. The molecule has 0 bridgehead atoms. The molecule has 0 aliphatic heterocycles. The molecule has 6 heteroatoms. The molecule has 0 saturated carbocycles. The molecule has 0 fully saturated rings. The van der Waals surface area contributed by atoms with Crippen molar-refractivity contribution in [3.8, 4) is 11.5 Å². The molecule has 2 aromatic carbocycles. The van der Waals surface area contributed by atoms with Crippen LogP contribution in [0.25, 0.3) is 0 Å². The largest absolute Gasteiger partial charge is 0.493 e. The highest BCUT2D eigenvalue weighted by molar-refractivity contribution is 5.96. The predicted octanol–water partition coefficient (Wildman–Crippen LogP) is 3.78. The molecule has 0 atom stereocenters. The van der Waals surface area contributed by atoms with Crippen molar-refractivity contribution in [1.29, 1.82) is 0 Å². The lowest BCUT2D eigenvalue weighted by Crippen LogP contribution is -2.04. The van der Waals surface area contributed by atoms with Gasteiger partial charge in [-0.2, -0.15) is 0 Å². The summed E-state index contributed by atoms with van der Waals surface area (Å²) in [6.45, 7) is 3.80. The smallest absolute Gasteiger partial charge is 0.270 e. The Kier molecular flexibility index (Phi) is 5.30. The molecule has 0 aliphatic carbocycles. The Morgan fingerprint density at radius 2 is 1.87 bits per heavy atom. The maximum atomic E-state index is 11.6. The number of benzene rings is 2. The fourth-order valence-corrected chi connectivity index (χ4v) is 2.13. The van der Waals surface area contributed by atoms with Crippen molar-refractivity contribution >= 4 is 11.5 Å². The van der Waals surface area contributed by atoms with Crippen LogP contribution < -0.4 is 9.47 Å². The van der Waals surface area contributed by atoms with E-state index in [-0.39, 0.29) is 18.1 Å². The van der Waals surface area contributed by atoms with E-state index in [0.717, 1.165) is 0 Å². The van der Waals surface area contributed by atoms with Gasteiger partial charge in [0.15, 0.2) is 5.78 Å². The molecule has 0 saturated heterocycles. The standard InChI is InChI=1S/C17H17NO5/c1-3-22-16-9-8-14(18(20)21)10-13(16)11-23-17-7-5-4-6-15(17)12(2)19/h4-10H,3,11H2,1-2H3. The van der Waals surface area contributed by atoms with E-state index in [4.69, 9.17) is 9.47 Å². The zero-order valence-corrected chi connectivity index (χ0v) is 12.9. The Hall–Kier alpha value is -2.89. The molecule has 0 radical (unpaired) electrons. The maximum absolute atomic E-state index is 11.6. The van der Waals surface area contributed by atoms with Gasteiger partial charge in [-0.1, -0.05) is 12.1 Å². The Morgan fingerprint density at radius 1 is 1.13 bits per heavy atom. The maximum Gasteiger partial charge on any atom is 0.270 e. The van der Waals surface area contributed by atoms with E-state index < -0.39 is 4.92 Å². The molecule has 120 valence electrons. The molecule has 0 unspecified atom stereocenters. The molecule has 0 N–H and O–H groups in total. The summed E-state index contributed by atoms with van der Waals surface area (Å²) in [5, 5.41) is 10.9. The molecule has 0 heterocycles. The number of Topliss-reactive ketones (excluding diaryl/α,β-unsaturated/α-hetero) is 1. The van der Waals surface area contributed by atoms with Crippen LogP contribution in [-0.4, -0.2) is 17.3 Å². The van der Waals surface area contributed by atoms with E-state index in [1.807, 2.05) is 6.92 Å². The summed E-state index contributed by atoms with van der Waals surface area (Å²) >= 11 is 0. The molecular weight excluding hydrogens is 298 g/mol. The third-order valence-electron chi connectivity index (χ3n) is 3.20. The summed E-state index contributed by atoms with van der Waals surface area (Å²) in [4.78, 5) is 22.0. The van der Waals surface area contributed by atoms with Gasteiger partial charge in [0.2, 0.25) is 0 Å². The molecule has 0 aliphatic rings. The lowest BCUT2D eigenvalue weighted by molar-refractivity contribution is -0.385. The van der Waals surface area contributed by atoms with Gasteiger partial charge in [-0.25, -0.2) is 0 Å². The summed E-state index contributed by atoms with van der Waals surface area (Å²) in [6.07, 6.45) is 0. The quantitative estimate of drug-likeness (QED) is 0.441. The zero-order chi connectivity index (χ0) is 16.8. The number of ketones is 1. The molecule has 2 rings (SSSR count). The topological polar surface area (TPSA) is 78.7 Å². The van der Waals surface area contributed by atoms with Crippen LogP contribution >= 0.6 is 0 Å². The second kappa shape index (κ2) is 7.40. The lowest BCUT2D eigenvalue weighted by atomic mass is 10.1. The summed E-state index contributed by atoms with van der Waals surface area (Å²) in [7, 11) is 0. The highest BCUT2D eigenvalue weighted by Crippen LogP contribution is 2.27. The first-order valence-electron chi connectivity index (χ1n) is 7.15. The average molecular weight is 315 g/mol. The van der Waals surface area contributed by atoms with E-state index in [0.29, 0.717) is 29.2 Å². The van der Waals surface area contributed by atoms with Gasteiger partial charge in [-0.15, -0.1) is 0 Å². The summed E-state index contributed by atoms with van der Waals surface area (Å²) in [6, 6.07) is 11.2. The van der Waals surface area contributed by atoms with Crippen molar-refractivity contribution in [2.24, 2.45) is 0 Å². The first-order chi connectivity index (χ1) is 11.0. The van der Waals surface area contributed by atoms with Crippen LogP contribution in [0.5, 0.6) is 11.5 Å². The van der Waals surface area contributed by atoms with Gasteiger partial charge in [0, 0.05) is 17.7 Å². The highest BCUT2D eigenvalue weighted by Gasteiger charge is 2.14. The number of non-ortho nitro benzene ring substituents is 1. The average Bonchev–Trinajstić information content (AvgIpc) is 2.54. The molecule has 6 nitrogen and oxygen atoms in total. The minimum atomic E-state index is -0.470. The van der Waals surface area contributed by atoms with Gasteiger partial charge in [-0.3, -0.25) is 14.9 Å². The van der Waals surface area contributed by atoms with E-state index in [9.17, 15) is 14.9 Å². The fraction of sp³-hybridized carbons (Fsp3) is 0.235. The molecule has 2 aromatic rings. The van der Waals surface area contributed by atoms with Crippen molar-refractivity contribution in [2.45, 2.75) is 20.5 Å². The van der Waals surface area contributed by atoms with Crippen LogP contribution in [-0.2, 0) is 6.61 Å². The molecule has 23 heavy (non-hydrogen) atoms. The number of rotatable bonds is 7. The number of hydrogen-bond donors (Lipinski definition) is 0. The first-order valence-corrected chi connectivity index (χ1v) is 7.15. The number of para-hydroxylation sites is 1. The predicted molar refractivity (Wildman–Crippen MR) is 85.0 cm³/mol. The van der Waals surface area contributed by atoms with Crippen LogP contribution in [0, 0.1) is 10.1 Å². The van der Waals surface area contributed by atoms with Gasteiger partial charge in [0.25, 0.3) is 5.69 Å². The summed E-state index contributed by atoms with van der Waals surface area (Å²) < 4.78 is 11.2. The van der Waals surface area contributed by atoms with Crippen LogP contribution in [0.2, 0.25) is 0 Å². The number of hydrogen-bond acceptors (Lipinski definition) is 5. The number of nitro groups is 1. The van der Waals surface area contributed by atoms with Crippen molar-refractivity contribution in [3.05, 3.63) is 63.7 Å². The second-order valence-electron chi connectivity index (χ2n) is 4.82.